The zero-order chi connectivity index (χ0) is 14.8. The van der Waals surface area contributed by atoms with E-state index in [1.807, 2.05) is 36.6 Å². The second kappa shape index (κ2) is 9.14. The molecule has 6 heteroatoms. The van der Waals surface area contributed by atoms with Crippen molar-refractivity contribution in [2.75, 3.05) is 12.0 Å². The van der Waals surface area contributed by atoms with Crippen molar-refractivity contribution in [3.8, 4) is 0 Å². The Morgan fingerprint density at radius 1 is 1.40 bits per heavy atom. The summed E-state index contributed by atoms with van der Waals surface area (Å²) in [7, 11) is 0. The molecule has 0 bridgehead atoms. The number of carboxylic acids is 1. The fourth-order valence-electron chi connectivity index (χ4n) is 1.53. The maximum atomic E-state index is 11.5. The number of nitrogens with one attached hydrogen (secondary N) is 1. The number of benzene rings is 1. The van der Waals surface area contributed by atoms with Crippen molar-refractivity contribution >= 4 is 30.0 Å². The zero-order valence-electron chi connectivity index (χ0n) is 11.3. The molecule has 108 valence electrons. The number of aliphatic imine (C=N–C) groups is 1. The summed E-state index contributed by atoms with van der Waals surface area (Å²) in [5, 5.41) is 11.4. The van der Waals surface area contributed by atoms with Crippen LogP contribution in [0.1, 0.15) is 12.0 Å². The van der Waals surface area contributed by atoms with Gasteiger partial charge in [0.15, 0.2) is 0 Å². The first-order valence-electron chi connectivity index (χ1n) is 6.22. The van der Waals surface area contributed by atoms with Crippen molar-refractivity contribution in [3.63, 3.8) is 0 Å². The Kier molecular flexibility index (Phi) is 7.42. The first kappa shape index (κ1) is 16.2. The van der Waals surface area contributed by atoms with E-state index in [0.29, 0.717) is 18.6 Å². The molecule has 2 amide bonds. The van der Waals surface area contributed by atoms with E-state index in [9.17, 15) is 9.59 Å². The van der Waals surface area contributed by atoms with Crippen LogP contribution in [0.15, 0.2) is 35.3 Å². The molecule has 2 N–H and O–H groups in total. The molecule has 0 aliphatic heterocycles. The maximum Gasteiger partial charge on any atom is 0.341 e. The van der Waals surface area contributed by atoms with Gasteiger partial charge in [0, 0.05) is 12.6 Å². The zero-order valence-corrected chi connectivity index (χ0v) is 12.1. The lowest BCUT2D eigenvalue weighted by Crippen LogP contribution is -2.39. The minimum Gasteiger partial charge on any atom is -0.480 e. The van der Waals surface area contributed by atoms with Crippen LogP contribution in [0.3, 0.4) is 0 Å². The molecule has 1 aromatic carbocycles. The molecular formula is C14H18N2O3S. The van der Waals surface area contributed by atoms with Crippen molar-refractivity contribution < 1.29 is 14.7 Å². The molecule has 1 aromatic rings. The predicted molar refractivity (Wildman–Crippen MR) is 81.6 cm³/mol. The summed E-state index contributed by atoms with van der Waals surface area (Å²) in [6.07, 6.45) is 4.30. The number of carboxylic acid groups (broad SMARTS) is 1. The third-order valence-electron chi connectivity index (χ3n) is 2.58. The van der Waals surface area contributed by atoms with Crippen LogP contribution in [0.25, 0.3) is 0 Å². The smallest absolute Gasteiger partial charge is 0.341 e. The minimum atomic E-state index is -1.04. The molecule has 0 aliphatic rings. The summed E-state index contributed by atoms with van der Waals surface area (Å²) >= 11 is 1.54. The lowest BCUT2D eigenvalue weighted by Gasteiger charge is -2.11. The highest BCUT2D eigenvalue weighted by atomic mass is 32.2. The van der Waals surface area contributed by atoms with Crippen molar-refractivity contribution in [2.45, 2.75) is 18.9 Å². The third kappa shape index (κ3) is 6.38. The van der Waals surface area contributed by atoms with Gasteiger partial charge in [0.2, 0.25) is 0 Å². The Labute approximate surface area is 122 Å². The number of carbonyl (C=O) groups is 2. The summed E-state index contributed by atoms with van der Waals surface area (Å²) < 4.78 is 0. The van der Waals surface area contributed by atoms with Gasteiger partial charge in [0.25, 0.3) is 0 Å². The number of thioether (sulfide) groups is 1. The molecule has 1 unspecified atom stereocenters. The molecule has 1 atom stereocenters. The number of urea groups is 1. The van der Waals surface area contributed by atoms with Gasteiger partial charge in [0.05, 0.1) is 0 Å². The molecule has 0 saturated heterocycles. The average molecular weight is 294 g/mol. The van der Waals surface area contributed by atoms with Crippen molar-refractivity contribution in [1.82, 2.24) is 5.32 Å². The normalized spacial score (nSPS) is 12.2. The summed E-state index contributed by atoms with van der Waals surface area (Å²) in [5.74, 6) is -0.365. The lowest BCUT2D eigenvalue weighted by atomic mass is 10.2. The van der Waals surface area contributed by atoms with Gasteiger partial charge in [-0.2, -0.15) is 11.8 Å². The number of rotatable bonds is 7. The second-order valence-corrected chi connectivity index (χ2v) is 5.11. The molecule has 0 spiro atoms. The molecule has 20 heavy (non-hydrogen) atoms. The van der Waals surface area contributed by atoms with E-state index in [0.717, 1.165) is 5.56 Å². The molecule has 0 saturated carbocycles. The monoisotopic (exact) mass is 294 g/mol. The van der Waals surface area contributed by atoms with Gasteiger partial charge in [-0.1, -0.05) is 30.3 Å². The fraction of sp³-hybridized carbons (Fsp3) is 0.357. The van der Waals surface area contributed by atoms with Crippen LogP contribution < -0.4 is 5.32 Å². The molecular weight excluding hydrogens is 276 g/mol. The Hall–Kier alpha value is -1.82. The largest absolute Gasteiger partial charge is 0.480 e. The number of amides is 2. The number of hydrogen-bond donors (Lipinski definition) is 2. The van der Waals surface area contributed by atoms with Gasteiger partial charge in [-0.3, -0.25) is 0 Å². The standard InChI is InChI=1S/C14H18N2O3S/c1-20-10-8-12(13(17)18)16-14(19)15-9-7-11-5-3-2-4-6-11/h2-6,9,12H,7-8,10H2,1H3,(H,16,19)(H,17,18). The third-order valence-corrected chi connectivity index (χ3v) is 3.23. The Morgan fingerprint density at radius 3 is 2.70 bits per heavy atom. The van der Waals surface area contributed by atoms with E-state index in [4.69, 9.17) is 5.11 Å². The lowest BCUT2D eigenvalue weighted by molar-refractivity contribution is -0.139. The number of nitrogens with zero attached hydrogens (tertiary/aromatic N) is 1. The minimum absolute atomic E-state index is 0.385. The quantitative estimate of drug-likeness (QED) is 0.756. The summed E-state index contributed by atoms with van der Waals surface area (Å²) in [4.78, 5) is 26.2. The van der Waals surface area contributed by atoms with E-state index in [2.05, 4.69) is 10.3 Å². The first-order valence-corrected chi connectivity index (χ1v) is 7.61. The summed E-state index contributed by atoms with van der Waals surface area (Å²) in [6.45, 7) is 0. The molecule has 0 heterocycles. The van der Waals surface area contributed by atoms with Crippen molar-refractivity contribution in [2.24, 2.45) is 4.99 Å². The molecule has 5 nitrogen and oxygen atoms in total. The average Bonchev–Trinajstić information content (AvgIpc) is 2.44. The fourth-order valence-corrected chi connectivity index (χ4v) is 2.00. The van der Waals surface area contributed by atoms with Crippen molar-refractivity contribution in [1.29, 1.82) is 0 Å². The van der Waals surface area contributed by atoms with E-state index >= 15 is 0 Å². The van der Waals surface area contributed by atoms with E-state index in [1.54, 1.807) is 0 Å². The second-order valence-electron chi connectivity index (χ2n) is 4.12. The molecule has 0 aliphatic carbocycles. The highest BCUT2D eigenvalue weighted by Gasteiger charge is 2.18. The van der Waals surface area contributed by atoms with Crippen LogP contribution in [0, 0.1) is 0 Å². The van der Waals surface area contributed by atoms with Gasteiger partial charge in [-0.25, -0.2) is 14.6 Å². The van der Waals surface area contributed by atoms with E-state index < -0.39 is 18.0 Å². The SMILES string of the molecule is CSCCC(NC(=O)N=CCc1ccccc1)C(=O)O. The molecule has 0 radical (unpaired) electrons. The highest BCUT2D eigenvalue weighted by Crippen LogP contribution is 2.01. The molecule has 0 aromatic heterocycles. The topological polar surface area (TPSA) is 78.8 Å². The number of hydrogen-bond acceptors (Lipinski definition) is 3. The maximum absolute atomic E-state index is 11.5. The van der Waals surface area contributed by atoms with E-state index in [1.165, 1.54) is 18.0 Å². The van der Waals surface area contributed by atoms with Gasteiger partial charge < -0.3 is 10.4 Å². The van der Waals surface area contributed by atoms with Crippen LogP contribution in [0.2, 0.25) is 0 Å². The van der Waals surface area contributed by atoms with Gasteiger partial charge in [-0.15, -0.1) is 0 Å². The Balaban J connectivity index is 2.43. The van der Waals surface area contributed by atoms with Gasteiger partial charge in [-0.05, 0) is 24.0 Å². The number of carbonyl (C=O) groups excluding carboxylic acids is 1. The Bertz CT molecular complexity index is 463. The Morgan fingerprint density at radius 2 is 2.10 bits per heavy atom. The van der Waals surface area contributed by atoms with Crippen LogP contribution >= 0.6 is 11.8 Å². The van der Waals surface area contributed by atoms with Crippen LogP contribution in [-0.2, 0) is 11.2 Å². The van der Waals surface area contributed by atoms with E-state index in [-0.39, 0.29) is 0 Å². The number of aliphatic carboxylic acids is 1. The molecule has 0 fully saturated rings. The first-order chi connectivity index (χ1) is 9.63. The van der Waals surface area contributed by atoms with Crippen LogP contribution in [0.5, 0.6) is 0 Å². The van der Waals surface area contributed by atoms with Crippen LogP contribution in [-0.4, -0.2) is 41.4 Å². The van der Waals surface area contributed by atoms with Crippen LogP contribution in [0.4, 0.5) is 4.79 Å². The van der Waals surface area contributed by atoms with Gasteiger partial charge >= 0.3 is 12.0 Å². The van der Waals surface area contributed by atoms with Crippen molar-refractivity contribution in [3.05, 3.63) is 35.9 Å². The summed E-state index contributed by atoms with van der Waals surface area (Å²) in [6, 6.07) is 8.10. The molecule has 1 rings (SSSR count). The highest BCUT2D eigenvalue weighted by molar-refractivity contribution is 7.98. The summed E-state index contributed by atoms with van der Waals surface area (Å²) in [5.41, 5.74) is 1.04. The van der Waals surface area contributed by atoms with Gasteiger partial charge in [0.1, 0.15) is 6.04 Å². The predicted octanol–water partition coefficient (Wildman–Crippen LogP) is 2.22.